The minimum absolute atomic E-state index is 0.132. The van der Waals surface area contributed by atoms with Crippen molar-refractivity contribution < 1.29 is 9.59 Å². The summed E-state index contributed by atoms with van der Waals surface area (Å²) in [5.74, 6) is 0.784. The molecule has 1 heterocycles. The summed E-state index contributed by atoms with van der Waals surface area (Å²) in [6, 6.07) is 11.3. The molecular weight excluding hydrogens is 358 g/mol. The third-order valence-electron chi connectivity index (χ3n) is 4.76. The molecule has 1 aliphatic carbocycles. The molecule has 0 spiro atoms. The molecule has 3 rings (SSSR count). The fourth-order valence-corrected chi connectivity index (χ4v) is 4.24. The van der Waals surface area contributed by atoms with Gasteiger partial charge in [0.1, 0.15) is 6.04 Å². The first kappa shape index (κ1) is 19.4. The van der Waals surface area contributed by atoms with Crippen LogP contribution in [0.4, 0.5) is 5.69 Å². The second kappa shape index (κ2) is 9.55. The number of amides is 2. The lowest BCUT2D eigenvalue weighted by Crippen LogP contribution is -2.47. The maximum atomic E-state index is 12.7. The third kappa shape index (κ3) is 5.82. The van der Waals surface area contributed by atoms with Gasteiger partial charge in [0.2, 0.25) is 11.8 Å². The van der Waals surface area contributed by atoms with Gasteiger partial charge in [-0.15, -0.1) is 11.8 Å². The predicted octanol–water partition coefficient (Wildman–Crippen LogP) is 4.01. The lowest BCUT2D eigenvalue weighted by atomic mass is 9.97. The first-order chi connectivity index (χ1) is 13.1. The Balaban J connectivity index is 1.57. The minimum atomic E-state index is -0.454. The van der Waals surface area contributed by atoms with E-state index in [0.29, 0.717) is 0 Å². The summed E-state index contributed by atoms with van der Waals surface area (Å²) in [6.45, 7) is 1.46. The van der Waals surface area contributed by atoms with Crippen LogP contribution in [0.3, 0.4) is 0 Å². The Morgan fingerprint density at radius 3 is 2.56 bits per heavy atom. The number of benzene rings is 1. The van der Waals surface area contributed by atoms with Crippen molar-refractivity contribution in [2.75, 3.05) is 5.32 Å². The van der Waals surface area contributed by atoms with E-state index in [9.17, 15) is 9.59 Å². The van der Waals surface area contributed by atoms with Crippen LogP contribution in [0.1, 0.15) is 38.2 Å². The van der Waals surface area contributed by atoms with Crippen LogP contribution in [0.15, 0.2) is 53.7 Å². The van der Waals surface area contributed by atoms with Gasteiger partial charge in [0.15, 0.2) is 0 Å². The lowest BCUT2D eigenvalue weighted by Gasteiger charge is -2.23. The highest BCUT2D eigenvalue weighted by Gasteiger charge is 2.31. The van der Waals surface area contributed by atoms with Gasteiger partial charge in [-0.1, -0.05) is 18.9 Å². The van der Waals surface area contributed by atoms with E-state index in [1.807, 2.05) is 36.5 Å². The van der Waals surface area contributed by atoms with Crippen LogP contribution in [-0.4, -0.2) is 22.8 Å². The van der Waals surface area contributed by atoms with E-state index in [1.54, 1.807) is 18.0 Å². The highest BCUT2D eigenvalue weighted by atomic mass is 32.2. The number of hydrogen-bond acceptors (Lipinski definition) is 4. The summed E-state index contributed by atoms with van der Waals surface area (Å²) in [5.41, 5.74) is 1.92. The van der Waals surface area contributed by atoms with Crippen molar-refractivity contribution in [3.63, 3.8) is 0 Å². The van der Waals surface area contributed by atoms with Crippen LogP contribution in [0.5, 0.6) is 0 Å². The van der Waals surface area contributed by atoms with Crippen molar-refractivity contribution in [3.05, 3.63) is 54.4 Å². The van der Waals surface area contributed by atoms with Crippen molar-refractivity contribution in [2.45, 2.75) is 49.3 Å². The monoisotopic (exact) mass is 383 g/mol. The molecule has 1 fully saturated rings. The van der Waals surface area contributed by atoms with Gasteiger partial charge >= 0.3 is 0 Å². The van der Waals surface area contributed by atoms with Gasteiger partial charge in [-0.3, -0.25) is 14.6 Å². The summed E-state index contributed by atoms with van der Waals surface area (Å²) in [5, 5.41) is 5.78. The van der Waals surface area contributed by atoms with Crippen molar-refractivity contribution >= 4 is 29.3 Å². The van der Waals surface area contributed by atoms with E-state index in [0.717, 1.165) is 42.0 Å². The molecule has 27 heavy (non-hydrogen) atoms. The summed E-state index contributed by atoms with van der Waals surface area (Å²) in [4.78, 5) is 29.4. The molecule has 1 aliphatic rings. The molecular formula is C21H25N3O2S. The normalized spacial score (nSPS) is 15.3. The number of hydrogen-bond donors (Lipinski definition) is 2. The molecule has 0 bridgehead atoms. The van der Waals surface area contributed by atoms with Crippen molar-refractivity contribution in [1.82, 2.24) is 10.3 Å². The molecule has 2 aromatic rings. The maximum Gasteiger partial charge on any atom is 0.247 e. The van der Waals surface area contributed by atoms with Crippen LogP contribution in [0.2, 0.25) is 0 Å². The summed E-state index contributed by atoms with van der Waals surface area (Å²) >= 11 is 1.73. The Hall–Kier alpha value is -2.34. The molecule has 0 saturated heterocycles. The molecule has 1 aromatic carbocycles. The molecule has 0 radical (unpaired) electrons. The zero-order valence-corrected chi connectivity index (χ0v) is 16.3. The van der Waals surface area contributed by atoms with Gasteiger partial charge < -0.3 is 10.6 Å². The topological polar surface area (TPSA) is 71.1 Å². The number of rotatable bonds is 7. The number of thioether (sulfide) groups is 1. The molecule has 1 unspecified atom stereocenters. The van der Waals surface area contributed by atoms with E-state index in [4.69, 9.17) is 0 Å². The van der Waals surface area contributed by atoms with E-state index in [2.05, 4.69) is 21.7 Å². The van der Waals surface area contributed by atoms with Gasteiger partial charge in [-0.25, -0.2) is 0 Å². The number of anilines is 1. The minimum Gasteiger partial charge on any atom is -0.344 e. The fraction of sp³-hybridized carbons (Fsp3) is 0.381. The van der Waals surface area contributed by atoms with E-state index < -0.39 is 6.04 Å². The molecule has 1 aromatic heterocycles. The SMILES string of the molecule is CC(=O)NC(C(=O)Nc1ccc(SCc2cccnc2)cc1)C1CCCC1. The Morgan fingerprint density at radius 2 is 1.93 bits per heavy atom. The highest BCUT2D eigenvalue weighted by Crippen LogP contribution is 2.29. The Kier molecular flexibility index (Phi) is 6.87. The van der Waals surface area contributed by atoms with E-state index >= 15 is 0 Å². The Bertz CT molecular complexity index is 759. The Labute approximate surface area is 164 Å². The average molecular weight is 384 g/mol. The number of nitrogens with one attached hydrogen (secondary N) is 2. The summed E-state index contributed by atoms with van der Waals surface area (Å²) < 4.78 is 0. The van der Waals surface area contributed by atoms with E-state index in [-0.39, 0.29) is 17.7 Å². The maximum absolute atomic E-state index is 12.7. The molecule has 2 N–H and O–H groups in total. The number of carbonyl (C=O) groups is 2. The van der Waals surface area contributed by atoms with Gasteiger partial charge in [0.25, 0.3) is 0 Å². The molecule has 142 valence electrons. The first-order valence-electron chi connectivity index (χ1n) is 9.31. The average Bonchev–Trinajstić information content (AvgIpc) is 3.20. The van der Waals surface area contributed by atoms with Crippen molar-refractivity contribution in [3.8, 4) is 0 Å². The van der Waals surface area contributed by atoms with E-state index in [1.165, 1.54) is 12.5 Å². The van der Waals surface area contributed by atoms with Gasteiger partial charge in [-0.05, 0) is 54.7 Å². The molecule has 6 heteroatoms. The van der Waals surface area contributed by atoms with Crippen LogP contribution >= 0.6 is 11.8 Å². The van der Waals surface area contributed by atoms with Crippen LogP contribution in [-0.2, 0) is 15.3 Å². The molecule has 5 nitrogen and oxygen atoms in total. The van der Waals surface area contributed by atoms with Crippen LogP contribution < -0.4 is 10.6 Å². The molecule has 0 aliphatic heterocycles. The molecule has 1 atom stereocenters. The number of nitrogens with zero attached hydrogens (tertiary/aromatic N) is 1. The van der Waals surface area contributed by atoms with Crippen LogP contribution in [0, 0.1) is 5.92 Å². The zero-order valence-electron chi connectivity index (χ0n) is 15.5. The highest BCUT2D eigenvalue weighted by molar-refractivity contribution is 7.98. The Morgan fingerprint density at radius 1 is 1.19 bits per heavy atom. The second-order valence-corrected chi connectivity index (χ2v) is 7.94. The summed E-state index contributed by atoms with van der Waals surface area (Å²) in [6.07, 6.45) is 7.86. The number of aromatic nitrogens is 1. The fourth-order valence-electron chi connectivity index (χ4n) is 3.41. The predicted molar refractivity (Wildman–Crippen MR) is 108 cm³/mol. The standard InChI is InChI=1S/C21H25N3O2S/c1-15(25)23-20(17-6-2-3-7-17)21(26)24-18-8-10-19(11-9-18)27-14-16-5-4-12-22-13-16/h4-5,8-13,17,20H,2-3,6-7,14H2,1H3,(H,23,25)(H,24,26). The molecule has 1 saturated carbocycles. The third-order valence-corrected chi connectivity index (χ3v) is 5.85. The largest absolute Gasteiger partial charge is 0.344 e. The molecule has 2 amide bonds. The lowest BCUT2D eigenvalue weighted by molar-refractivity contribution is -0.126. The van der Waals surface area contributed by atoms with Crippen LogP contribution in [0.25, 0.3) is 0 Å². The quantitative estimate of drug-likeness (QED) is 0.709. The van der Waals surface area contributed by atoms with Gasteiger partial charge in [-0.2, -0.15) is 0 Å². The smallest absolute Gasteiger partial charge is 0.247 e. The first-order valence-corrected chi connectivity index (χ1v) is 10.3. The van der Waals surface area contributed by atoms with Gasteiger partial charge in [0.05, 0.1) is 0 Å². The number of pyridine rings is 1. The zero-order chi connectivity index (χ0) is 19.1. The second-order valence-electron chi connectivity index (χ2n) is 6.89. The van der Waals surface area contributed by atoms with Crippen molar-refractivity contribution in [1.29, 1.82) is 0 Å². The number of carbonyl (C=O) groups excluding carboxylic acids is 2. The van der Waals surface area contributed by atoms with Gasteiger partial charge in [0, 0.05) is 35.7 Å². The van der Waals surface area contributed by atoms with Crippen molar-refractivity contribution in [2.24, 2.45) is 5.92 Å². The summed E-state index contributed by atoms with van der Waals surface area (Å²) in [7, 11) is 0.